The molecule has 98 valence electrons. The van der Waals surface area contributed by atoms with Gasteiger partial charge in [0.15, 0.2) is 0 Å². The van der Waals surface area contributed by atoms with E-state index in [1.165, 1.54) is 11.1 Å². The highest BCUT2D eigenvalue weighted by atomic mass is 16.5. The van der Waals surface area contributed by atoms with E-state index in [4.69, 9.17) is 4.74 Å². The molecule has 0 saturated heterocycles. The van der Waals surface area contributed by atoms with Crippen molar-refractivity contribution < 1.29 is 4.74 Å². The molecular weight excluding hydrogens is 246 g/mol. The summed E-state index contributed by atoms with van der Waals surface area (Å²) in [5.74, 6) is 0.792. The van der Waals surface area contributed by atoms with Gasteiger partial charge >= 0.3 is 0 Å². The summed E-state index contributed by atoms with van der Waals surface area (Å²) in [4.78, 5) is 4.40. The Labute approximate surface area is 118 Å². The predicted molar refractivity (Wildman–Crippen MR) is 81.7 cm³/mol. The quantitative estimate of drug-likeness (QED) is 0.696. The van der Waals surface area contributed by atoms with Gasteiger partial charge in [-0.15, -0.1) is 0 Å². The molecule has 20 heavy (non-hydrogen) atoms. The molecule has 0 fully saturated rings. The monoisotopic (exact) mass is 261 g/mol. The van der Waals surface area contributed by atoms with E-state index in [1.807, 2.05) is 30.3 Å². The number of benzene rings is 2. The van der Waals surface area contributed by atoms with E-state index in [-0.39, 0.29) is 0 Å². The van der Waals surface area contributed by atoms with E-state index in [0.717, 1.165) is 17.0 Å². The molecule has 0 N–H and O–H groups in total. The first-order valence-electron chi connectivity index (χ1n) is 6.53. The Morgan fingerprint density at radius 2 is 1.35 bits per heavy atom. The SMILES string of the molecule is COc1cccnc1-c1ccc(-c2ccccc2)cc1. The molecule has 0 spiro atoms. The molecule has 2 heteroatoms. The first-order chi connectivity index (χ1) is 9.88. The van der Waals surface area contributed by atoms with Crippen LogP contribution in [0.4, 0.5) is 0 Å². The molecule has 0 bridgehead atoms. The van der Waals surface area contributed by atoms with Crippen molar-refractivity contribution in [3.05, 3.63) is 72.9 Å². The minimum Gasteiger partial charge on any atom is -0.494 e. The number of hydrogen-bond donors (Lipinski definition) is 0. The lowest BCUT2D eigenvalue weighted by atomic mass is 10.0. The van der Waals surface area contributed by atoms with Gasteiger partial charge in [0.1, 0.15) is 11.4 Å². The molecule has 0 aliphatic heterocycles. The number of rotatable bonds is 3. The van der Waals surface area contributed by atoms with Gasteiger partial charge in [-0.1, -0.05) is 54.6 Å². The second-order valence-electron chi connectivity index (χ2n) is 4.50. The molecule has 3 rings (SSSR count). The number of methoxy groups -OCH3 is 1. The van der Waals surface area contributed by atoms with Gasteiger partial charge in [0.05, 0.1) is 7.11 Å². The number of aromatic nitrogens is 1. The molecule has 3 aromatic rings. The number of hydrogen-bond acceptors (Lipinski definition) is 2. The smallest absolute Gasteiger partial charge is 0.145 e. The molecule has 2 aromatic carbocycles. The number of pyridine rings is 1. The van der Waals surface area contributed by atoms with Gasteiger partial charge in [-0.2, -0.15) is 0 Å². The summed E-state index contributed by atoms with van der Waals surface area (Å²) in [5.41, 5.74) is 4.34. The van der Waals surface area contributed by atoms with Crippen LogP contribution in [-0.4, -0.2) is 12.1 Å². The van der Waals surface area contributed by atoms with Crippen molar-refractivity contribution in [3.63, 3.8) is 0 Å². The van der Waals surface area contributed by atoms with Crippen LogP contribution in [0, 0.1) is 0 Å². The van der Waals surface area contributed by atoms with Crippen LogP contribution < -0.4 is 4.74 Å². The summed E-state index contributed by atoms with van der Waals surface area (Å²) in [7, 11) is 1.67. The van der Waals surface area contributed by atoms with Crippen LogP contribution in [0.15, 0.2) is 72.9 Å². The minimum absolute atomic E-state index is 0.792. The van der Waals surface area contributed by atoms with Crippen LogP contribution in [0.1, 0.15) is 0 Å². The number of ether oxygens (including phenoxy) is 1. The van der Waals surface area contributed by atoms with Crippen LogP contribution in [0.25, 0.3) is 22.4 Å². The van der Waals surface area contributed by atoms with Crippen LogP contribution in [0.5, 0.6) is 5.75 Å². The lowest BCUT2D eigenvalue weighted by Crippen LogP contribution is -1.90. The topological polar surface area (TPSA) is 22.1 Å². The molecule has 2 nitrogen and oxygen atoms in total. The Balaban J connectivity index is 1.98. The zero-order valence-electron chi connectivity index (χ0n) is 11.3. The maximum Gasteiger partial charge on any atom is 0.145 e. The Kier molecular flexibility index (Phi) is 3.46. The summed E-state index contributed by atoms with van der Waals surface area (Å²) >= 11 is 0. The Hall–Kier alpha value is -2.61. The summed E-state index contributed by atoms with van der Waals surface area (Å²) in [6.45, 7) is 0. The Bertz CT molecular complexity index is 690. The highest BCUT2D eigenvalue weighted by molar-refractivity contribution is 5.71. The van der Waals surface area contributed by atoms with Crippen LogP contribution in [-0.2, 0) is 0 Å². The van der Waals surface area contributed by atoms with Gasteiger partial charge in [0.2, 0.25) is 0 Å². The second kappa shape index (κ2) is 5.57. The van der Waals surface area contributed by atoms with Crippen molar-refractivity contribution in [2.45, 2.75) is 0 Å². The van der Waals surface area contributed by atoms with Crippen LogP contribution >= 0.6 is 0 Å². The van der Waals surface area contributed by atoms with Crippen molar-refractivity contribution in [3.8, 4) is 28.1 Å². The molecule has 0 amide bonds. The molecular formula is C18H15NO. The van der Waals surface area contributed by atoms with E-state index in [0.29, 0.717) is 0 Å². The maximum atomic E-state index is 5.35. The molecule has 1 aromatic heterocycles. The zero-order chi connectivity index (χ0) is 13.8. The summed E-state index contributed by atoms with van der Waals surface area (Å²) in [5, 5.41) is 0. The van der Waals surface area contributed by atoms with Crippen molar-refractivity contribution >= 4 is 0 Å². The van der Waals surface area contributed by atoms with Gasteiger partial charge in [0.25, 0.3) is 0 Å². The van der Waals surface area contributed by atoms with Crippen LogP contribution in [0.3, 0.4) is 0 Å². The first-order valence-corrected chi connectivity index (χ1v) is 6.53. The van der Waals surface area contributed by atoms with Crippen molar-refractivity contribution in [2.24, 2.45) is 0 Å². The number of nitrogens with zero attached hydrogens (tertiary/aromatic N) is 1. The lowest BCUT2D eigenvalue weighted by Gasteiger charge is -2.08. The van der Waals surface area contributed by atoms with E-state index >= 15 is 0 Å². The molecule has 0 unspecified atom stereocenters. The third-order valence-electron chi connectivity index (χ3n) is 3.26. The first kappa shape index (κ1) is 12.4. The minimum atomic E-state index is 0.792. The molecule has 1 heterocycles. The van der Waals surface area contributed by atoms with E-state index in [2.05, 4.69) is 41.4 Å². The lowest BCUT2D eigenvalue weighted by molar-refractivity contribution is 0.415. The van der Waals surface area contributed by atoms with E-state index in [1.54, 1.807) is 13.3 Å². The van der Waals surface area contributed by atoms with Gasteiger partial charge in [-0.25, -0.2) is 0 Å². The highest BCUT2D eigenvalue weighted by Gasteiger charge is 2.06. The van der Waals surface area contributed by atoms with Crippen LogP contribution in [0.2, 0.25) is 0 Å². The van der Waals surface area contributed by atoms with Crippen molar-refractivity contribution in [1.82, 2.24) is 4.98 Å². The summed E-state index contributed by atoms with van der Waals surface area (Å²) < 4.78 is 5.35. The molecule has 0 radical (unpaired) electrons. The van der Waals surface area contributed by atoms with Gasteiger partial charge < -0.3 is 4.74 Å². The predicted octanol–water partition coefficient (Wildman–Crippen LogP) is 4.42. The fraction of sp³-hybridized carbons (Fsp3) is 0.0556. The third-order valence-corrected chi connectivity index (χ3v) is 3.26. The summed E-state index contributed by atoms with van der Waals surface area (Å²) in [6, 6.07) is 22.5. The molecule has 0 aliphatic rings. The Morgan fingerprint density at radius 3 is 2.05 bits per heavy atom. The molecule has 0 aliphatic carbocycles. The van der Waals surface area contributed by atoms with Gasteiger partial charge in [-0.05, 0) is 23.3 Å². The normalized spacial score (nSPS) is 10.2. The molecule has 0 saturated carbocycles. The standard InChI is InChI=1S/C18H15NO/c1-20-17-8-5-13-19-18(17)16-11-9-15(10-12-16)14-6-3-2-4-7-14/h2-13H,1H3. The Morgan fingerprint density at radius 1 is 0.700 bits per heavy atom. The van der Waals surface area contributed by atoms with E-state index in [9.17, 15) is 0 Å². The fourth-order valence-electron chi connectivity index (χ4n) is 2.22. The van der Waals surface area contributed by atoms with Crippen molar-refractivity contribution in [2.75, 3.05) is 7.11 Å². The maximum absolute atomic E-state index is 5.35. The van der Waals surface area contributed by atoms with Gasteiger partial charge in [-0.3, -0.25) is 4.98 Å². The zero-order valence-corrected chi connectivity index (χ0v) is 11.3. The van der Waals surface area contributed by atoms with E-state index < -0.39 is 0 Å². The highest BCUT2D eigenvalue weighted by Crippen LogP contribution is 2.29. The summed E-state index contributed by atoms with van der Waals surface area (Å²) in [6.07, 6.45) is 1.78. The largest absolute Gasteiger partial charge is 0.494 e. The average molecular weight is 261 g/mol. The van der Waals surface area contributed by atoms with Gasteiger partial charge in [0, 0.05) is 11.8 Å². The van der Waals surface area contributed by atoms with Crippen molar-refractivity contribution in [1.29, 1.82) is 0 Å². The molecule has 0 atom stereocenters. The third kappa shape index (κ3) is 2.41. The second-order valence-corrected chi connectivity index (χ2v) is 4.50. The fourth-order valence-corrected chi connectivity index (χ4v) is 2.22. The average Bonchev–Trinajstić information content (AvgIpc) is 2.56.